The fourth-order valence-corrected chi connectivity index (χ4v) is 1.61. The predicted molar refractivity (Wildman–Crippen MR) is 65.9 cm³/mol. The quantitative estimate of drug-likeness (QED) is 0.767. The molecule has 0 aliphatic heterocycles. The van der Waals surface area contributed by atoms with Gasteiger partial charge in [-0.15, -0.1) is 0 Å². The molecular formula is C12H19N3O2. The van der Waals surface area contributed by atoms with E-state index in [1.807, 2.05) is 11.5 Å². The topological polar surface area (TPSA) is 73.2 Å². The summed E-state index contributed by atoms with van der Waals surface area (Å²) in [5, 5.41) is 9.07. The van der Waals surface area contributed by atoms with Gasteiger partial charge >= 0.3 is 0 Å². The second kappa shape index (κ2) is 6.16. The zero-order valence-electron chi connectivity index (χ0n) is 10.6. The van der Waals surface area contributed by atoms with Gasteiger partial charge in [0.1, 0.15) is 18.4 Å². The van der Waals surface area contributed by atoms with Crippen LogP contribution in [0.4, 0.5) is 5.69 Å². The van der Waals surface area contributed by atoms with Crippen LogP contribution in [0.2, 0.25) is 0 Å². The Morgan fingerprint density at radius 3 is 2.76 bits per heavy atom. The zero-order chi connectivity index (χ0) is 12.8. The van der Waals surface area contributed by atoms with Gasteiger partial charge in [0.05, 0.1) is 12.3 Å². The summed E-state index contributed by atoms with van der Waals surface area (Å²) < 4.78 is 12.3. The second-order valence-electron chi connectivity index (χ2n) is 3.87. The van der Waals surface area contributed by atoms with Gasteiger partial charge in [-0.2, -0.15) is 5.26 Å². The van der Waals surface area contributed by atoms with E-state index in [0.29, 0.717) is 30.5 Å². The standard InChI is InChI=1S/C12H19N3O2/c1-4-9(2)15-10(8-13)7-11(14)12(15)17-6-5-16-3/h7,9H,4-6,14H2,1-3H3. The van der Waals surface area contributed by atoms with Gasteiger partial charge in [0.15, 0.2) is 0 Å². The number of ether oxygens (including phenoxy) is 2. The molecule has 0 saturated heterocycles. The van der Waals surface area contributed by atoms with Crippen LogP contribution in [-0.4, -0.2) is 24.9 Å². The van der Waals surface area contributed by atoms with E-state index in [2.05, 4.69) is 13.0 Å². The molecule has 5 heteroatoms. The largest absolute Gasteiger partial charge is 0.475 e. The Bertz CT molecular complexity index is 407. The SMILES string of the molecule is CCC(C)n1c(C#N)cc(N)c1OCCOC. The molecule has 1 aromatic heterocycles. The highest BCUT2D eigenvalue weighted by atomic mass is 16.5. The van der Waals surface area contributed by atoms with Crippen molar-refractivity contribution in [2.24, 2.45) is 0 Å². The van der Waals surface area contributed by atoms with Gasteiger partial charge in [0.25, 0.3) is 0 Å². The zero-order valence-corrected chi connectivity index (χ0v) is 10.6. The summed E-state index contributed by atoms with van der Waals surface area (Å²) in [4.78, 5) is 0. The summed E-state index contributed by atoms with van der Waals surface area (Å²) in [7, 11) is 1.61. The third kappa shape index (κ3) is 2.92. The lowest BCUT2D eigenvalue weighted by atomic mass is 10.2. The molecule has 0 amide bonds. The van der Waals surface area contributed by atoms with E-state index in [0.717, 1.165) is 6.42 Å². The van der Waals surface area contributed by atoms with Crippen molar-refractivity contribution in [2.45, 2.75) is 26.3 Å². The molecule has 2 N–H and O–H groups in total. The van der Waals surface area contributed by atoms with Gasteiger partial charge in [-0.1, -0.05) is 6.92 Å². The summed E-state index contributed by atoms with van der Waals surface area (Å²) in [6.07, 6.45) is 0.906. The molecule has 0 spiro atoms. The van der Waals surface area contributed by atoms with Gasteiger partial charge in [-0.05, 0) is 13.3 Å². The number of rotatable bonds is 6. The first-order chi connectivity index (χ1) is 8.15. The average Bonchev–Trinajstić information content (AvgIpc) is 2.65. The minimum Gasteiger partial charge on any atom is -0.475 e. The number of nitrogens with two attached hydrogens (primary N) is 1. The highest BCUT2D eigenvalue weighted by Gasteiger charge is 2.18. The van der Waals surface area contributed by atoms with Crippen LogP contribution < -0.4 is 10.5 Å². The Kier molecular flexibility index (Phi) is 4.85. The first kappa shape index (κ1) is 13.4. The van der Waals surface area contributed by atoms with Crippen LogP contribution in [0.5, 0.6) is 5.88 Å². The number of anilines is 1. The number of hydrogen-bond donors (Lipinski definition) is 1. The Balaban J connectivity index is 3.01. The predicted octanol–water partition coefficient (Wildman–Crippen LogP) is 1.94. The van der Waals surface area contributed by atoms with Crippen molar-refractivity contribution in [3.63, 3.8) is 0 Å². The van der Waals surface area contributed by atoms with Gasteiger partial charge in [0.2, 0.25) is 5.88 Å². The van der Waals surface area contributed by atoms with Crippen LogP contribution in [-0.2, 0) is 4.74 Å². The van der Waals surface area contributed by atoms with Crippen LogP contribution in [0.1, 0.15) is 32.0 Å². The third-order valence-electron chi connectivity index (χ3n) is 2.69. The molecule has 94 valence electrons. The van der Waals surface area contributed by atoms with E-state index in [1.165, 1.54) is 0 Å². The summed E-state index contributed by atoms with van der Waals surface area (Å²) in [6, 6.07) is 3.96. The smallest absolute Gasteiger partial charge is 0.218 e. The van der Waals surface area contributed by atoms with Crippen molar-refractivity contribution >= 4 is 5.69 Å². The molecule has 0 fully saturated rings. The summed E-state index contributed by atoms with van der Waals surface area (Å²) in [5.74, 6) is 0.563. The number of hydrogen-bond acceptors (Lipinski definition) is 4. The first-order valence-electron chi connectivity index (χ1n) is 5.68. The lowest BCUT2D eigenvalue weighted by Gasteiger charge is -2.17. The van der Waals surface area contributed by atoms with E-state index < -0.39 is 0 Å². The van der Waals surface area contributed by atoms with Crippen molar-refractivity contribution in [2.75, 3.05) is 26.1 Å². The molecule has 0 bridgehead atoms. The molecule has 0 saturated carbocycles. The molecule has 0 aliphatic carbocycles. The fraction of sp³-hybridized carbons (Fsp3) is 0.583. The van der Waals surface area contributed by atoms with Gasteiger partial charge in [0, 0.05) is 19.2 Å². The molecule has 0 aliphatic rings. The number of nitriles is 1. The maximum absolute atomic E-state index is 9.07. The molecule has 1 aromatic rings. The minimum atomic E-state index is 0.180. The normalized spacial score (nSPS) is 12.1. The molecule has 1 rings (SSSR count). The molecule has 1 heterocycles. The number of nitrogen functional groups attached to an aromatic ring is 1. The molecule has 0 aromatic carbocycles. The Morgan fingerprint density at radius 2 is 2.24 bits per heavy atom. The molecule has 0 radical (unpaired) electrons. The van der Waals surface area contributed by atoms with E-state index in [1.54, 1.807) is 13.2 Å². The van der Waals surface area contributed by atoms with Crippen molar-refractivity contribution in [1.82, 2.24) is 4.57 Å². The van der Waals surface area contributed by atoms with Gasteiger partial charge < -0.3 is 15.2 Å². The van der Waals surface area contributed by atoms with E-state index in [-0.39, 0.29) is 6.04 Å². The summed E-state index contributed by atoms with van der Waals surface area (Å²) >= 11 is 0. The number of aromatic nitrogens is 1. The van der Waals surface area contributed by atoms with E-state index in [9.17, 15) is 0 Å². The Morgan fingerprint density at radius 1 is 1.53 bits per heavy atom. The molecular weight excluding hydrogens is 218 g/mol. The molecule has 5 nitrogen and oxygen atoms in total. The lowest BCUT2D eigenvalue weighted by molar-refractivity contribution is 0.140. The highest BCUT2D eigenvalue weighted by Crippen LogP contribution is 2.31. The van der Waals surface area contributed by atoms with Crippen molar-refractivity contribution < 1.29 is 9.47 Å². The second-order valence-corrected chi connectivity index (χ2v) is 3.87. The van der Waals surface area contributed by atoms with Gasteiger partial charge in [-0.3, -0.25) is 4.57 Å². The molecule has 17 heavy (non-hydrogen) atoms. The van der Waals surface area contributed by atoms with Crippen LogP contribution in [0.25, 0.3) is 0 Å². The van der Waals surface area contributed by atoms with Crippen molar-refractivity contribution in [1.29, 1.82) is 5.26 Å². The summed E-state index contributed by atoms with van der Waals surface area (Å²) in [5.41, 5.74) is 6.88. The maximum atomic E-state index is 9.07. The first-order valence-corrected chi connectivity index (χ1v) is 5.68. The Labute approximate surface area is 102 Å². The molecule has 1 atom stereocenters. The van der Waals surface area contributed by atoms with Crippen molar-refractivity contribution in [3.05, 3.63) is 11.8 Å². The van der Waals surface area contributed by atoms with Gasteiger partial charge in [-0.25, -0.2) is 0 Å². The average molecular weight is 237 g/mol. The number of methoxy groups -OCH3 is 1. The van der Waals surface area contributed by atoms with Crippen LogP contribution >= 0.6 is 0 Å². The van der Waals surface area contributed by atoms with E-state index in [4.69, 9.17) is 20.5 Å². The lowest BCUT2D eigenvalue weighted by Crippen LogP contribution is -2.13. The maximum Gasteiger partial charge on any atom is 0.218 e. The molecule has 1 unspecified atom stereocenters. The fourth-order valence-electron chi connectivity index (χ4n) is 1.61. The highest BCUT2D eigenvalue weighted by molar-refractivity contribution is 5.55. The van der Waals surface area contributed by atoms with Crippen LogP contribution in [0, 0.1) is 11.3 Å². The monoisotopic (exact) mass is 237 g/mol. The number of nitrogens with zero attached hydrogens (tertiary/aromatic N) is 2. The van der Waals surface area contributed by atoms with Crippen LogP contribution in [0.15, 0.2) is 6.07 Å². The van der Waals surface area contributed by atoms with Crippen molar-refractivity contribution in [3.8, 4) is 11.9 Å². The van der Waals surface area contributed by atoms with E-state index >= 15 is 0 Å². The minimum absolute atomic E-state index is 0.180. The Hall–Kier alpha value is -1.67. The third-order valence-corrected chi connectivity index (χ3v) is 2.69. The summed E-state index contributed by atoms with van der Waals surface area (Å²) in [6.45, 7) is 5.00. The van der Waals surface area contributed by atoms with Crippen LogP contribution in [0.3, 0.4) is 0 Å².